The third kappa shape index (κ3) is 2.56. The Labute approximate surface area is 80.0 Å². The van der Waals surface area contributed by atoms with Crippen LogP contribution in [0.25, 0.3) is 0 Å². The van der Waals surface area contributed by atoms with E-state index in [1.54, 1.807) is 0 Å². The van der Waals surface area contributed by atoms with Gasteiger partial charge in [-0.15, -0.1) is 0 Å². The number of rotatable bonds is 2. The summed E-state index contributed by atoms with van der Waals surface area (Å²) in [6.45, 7) is 11.5. The molecule has 1 saturated heterocycles. The lowest BCUT2D eigenvalue weighted by atomic mass is 10.2. The molecule has 74 valence electrons. The first-order chi connectivity index (χ1) is 6.15. The minimum absolute atomic E-state index is 0.0587. The number of carbonyl (C=O) groups is 1. The Morgan fingerprint density at radius 2 is 1.85 bits per heavy atom. The van der Waals surface area contributed by atoms with E-state index in [4.69, 9.17) is 0 Å². The molecule has 0 saturated carbocycles. The molecule has 0 aromatic rings. The summed E-state index contributed by atoms with van der Waals surface area (Å²) in [4.78, 5) is 15.5. The minimum Gasteiger partial charge on any atom is -0.337 e. The van der Waals surface area contributed by atoms with E-state index >= 15 is 0 Å². The summed E-state index contributed by atoms with van der Waals surface area (Å²) in [7, 11) is 0. The molecule has 1 aliphatic heterocycles. The predicted molar refractivity (Wildman–Crippen MR) is 53.5 cm³/mol. The molecule has 3 heteroatoms. The molecule has 0 spiro atoms. The quantitative estimate of drug-likeness (QED) is 0.588. The molecule has 0 aromatic carbocycles. The lowest BCUT2D eigenvalue weighted by Gasteiger charge is -2.36. The summed E-state index contributed by atoms with van der Waals surface area (Å²) in [6.07, 6.45) is 1.39. The molecule has 1 amide bonds. The van der Waals surface area contributed by atoms with E-state index in [2.05, 4.69) is 25.3 Å². The molecule has 0 N–H and O–H groups in total. The third-order valence-electron chi connectivity index (χ3n) is 2.53. The molecule has 0 aromatic heterocycles. The Hall–Kier alpha value is -0.830. The smallest absolute Gasteiger partial charge is 0.246 e. The minimum atomic E-state index is 0.0587. The van der Waals surface area contributed by atoms with E-state index in [-0.39, 0.29) is 5.91 Å². The molecule has 3 nitrogen and oxygen atoms in total. The van der Waals surface area contributed by atoms with Crippen LogP contribution < -0.4 is 0 Å². The zero-order valence-electron chi connectivity index (χ0n) is 8.49. The number of hydrogen-bond donors (Lipinski definition) is 0. The lowest BCUT2D eigenvalue weighted by molar-refractivity contribution is -0.127. The summed E-state index contributed by atoms with van der Waals surface area (Å²) in [5, 5.41) is 0. The number of piperazine rings is 1. The van der Waals surface area contributed by atoms with Crippen LogP contribution in [-0.2, 0) is 4.79 Å². The molecule has 0 unspecified atom stereocenters. The van der Waals surface area contributed by atoms with Crippen LogP contribution in [0.3, 0.4) is 0 Å². The van der Waals surface area contributed by atoms with Gasteiger partial charge in [-0.25, -0.2) is 0 Å². The van der Waals surface area contributed by atoms with Crippen molar-refractivity contribution >= 4 is 5.91 Å². The molecule has 0 bridgehead atoms. The number of nitrogens with zero attached hydrogens (tertiary/aromatic N) is 2. The predicted octanol–water partition coefficient (Wildman–Crippen LogP) is 0.725. The van der Waals surface area contributed by atoms with Crippen molar-refractivity contribution in [2.45, 2.75) is 19.9 Å². The maximum Gasteiger partial charge on any atom is 0.246 e. The van der Waals surface area contributed by atoms with Crippen molar-refractivity contribution in [3.63, 3.8) is 0 Å². The van der Waals surface area contributed by atoms with Crippen LogP contribution in [0.1, 0.15) is 13.8 Å². The van der Waals surface area contributed by atoms with Crippen molar-refractivity contribution in [3.05, 3.63) is 12.7 Å². The fourth-order valence-electron chi connectivity index (χ4n) is 1.59. The Balaban J connectivity index is 2.38. The van der Waals surface area contributed by atoms with Gasteiger partial charge in [0, 0.05) is 32.2 Å². The Kier molecular flexibility index (Phi) is 3.48. The third-order valence-corrected chi connectivity index (χ3v) is 2.53. The summed E-state index contributed by atoms with van der Waals surface area (Å²) < 4.78 is 0. The van der Waals surface area contributed by atoms with Crippen LogP contribution in [0.15, 0.2) is 12.7 Å². The second-order valence-corrected chi connectivity index (χ2v) is 3.66. The first-order valence-electron chi connectivity index (χ1n) is 4.80. The number of amides is 1. The molecule has 13 heavy (non-hydrogen) atoms. The van der Waals surface area contributed by atoms with Crippen molar-refractivity contribution in [1.82, 2.24) is 9.80 Å². The van der Waals surface area contributed by atoms with E-state index in [1.165, 1.54) is 6.08 Å². The van der Waals surface area contributed by atoms with Gasteiger partial charge in [0.25, 0.3) is 0 Å². The Morgan fingerprint density at radius 3 is 2.23 bits per heavy atom. The van der Waals surface area contributed by atoms with E-state index in [0.717, 1.165) is 26.2 Å². The van der Waals surface area contributed by atoms with Crippen LogP contribution in [-0.4, -0.2) is 47.9 Å². The summed E-state index contributed by atoms with van der Waals surface area (Å²) in [5.41, 5.74) is 0. The fourth-order valence-corrected chi connectivity index (χ4v) is 1.59. The second kappa shape index (κ2) is 4.42. The zero-order valence-corrected chi connectivity index (χ0v) is 8.49. The summed E-state index contributed by atoms with van der Waals surface area (Å²) in [5.74, 6) is 0.0587. The van der Waals surface area contributed by atoms with E-state index < -0.39 is 0 Å². The van der Waals surface area contributed by atoms with Crippen molar-refractivity contribution < 1.29 is 4.79 Å². The topological polar surface area (TPSA) is 23.6 Å². The molecule has 0 radical (unpaired) electrons. The maximum atomic E-state index is 11.2. The van der Waals surface area contributed by atoms with Gasteiger partial charge in [-0.05, 0) is 19.9 Å². The molecule has 1 aliphatic rings. The van der Waals surface area contributed by atoms with Crippen molar-refractivity contribution in [2.75, 3.05) is 26.2 Å². The van der Waals surface area contributed by atoms with E-state index in [1.807, 2.05) is 4.90 Å². The monoisotopic (exact) mass is 182 g/mol. The first kappa shape index (κ1) is 10.3. The number of carbonyl (C=O) groups excluding carboxylic acids is 1. The highest BCUT2D eigenvalue weighted by Gasteiger charge is 2.20. The van der Waals surface area contributed by atoms with Gasteiger partial charge in [0.15, 0.2) is 0 Å². The Morgan fingerprint density at radius 1 is 1.31 bits per heavy atom. The summed E-state index contributed by atoms with van der Waals surface area (Å²) in [6, 6.07) is 0.584. The highest BCUT2D eigenvalue weighted by atomic mass is 16.2. The maximum absolute atomic E-state index is 11.2. The largest absolute Gasteiger partial charge is 0.337 e. The molecule has 1 rings (SSSR count). The van der Waals surface area contributed by atoms with Crippen LogP contribution in [0.5, 0.6) is 0 Å². The average Bonchev–Trinajstić information content (AvgIpc) is 2.17. The molecule has 0 atom stereocenters. The van der Waals surface area contributed by atoms with Crippen molar-refractivity contribution in [2.24, 2.45) is 0 Å². The Bertz CT molecular complexity index is 193. The van der Waals surface area contributed by atoms with Crippen LogP contribution in [0, 0.1) is 0 Å². The van der Waals surface area contributed by atoms with Gasteiger partial charge in [-0.2, -0.15) is 0 Å². The van der Waals surface area contributed by atoms with Gasteiger partial charge in [0.1, 0.15) is 0 Å². The van der Waals surface area contributed by atoms with Crippen molar-refractivity contribution in [3.8, 4) is 0 Å². The van der Waals surface area contributed by atoms with E-state index in [0.29, 0.717) is 6.04 Å². The fraction of sp³-hybridized carbons (Fsp3) is 0.700. The average molecular weight is 182 g/mol. The molecule has 1 heterocycles. The molecule has 1 fully saturated rings. The van der Waals surface area contributed by atoms with Gasteiger partial charge in [0.05, 0.1) is 0 Å². The van der Waals surface area contributed by atoms with Gasteiger partial charge < -0.3 is 4.90 Å². The van der Waals surface area contributed by atoms with Crippen LogP contribution >= 0.6 is 0 Å². The second-order valence-electron chi connectivity index (χ2n) is 3.66. The van der Waals surface area contributed by atoms with Crippen LogP contribution in [0.4, 0.5) is 0 Å². The van der Waals surface area contributed by atoms with Gasteiger partial charge in [-0.3, -0.25) is 9.69 Å². The van der Waals surface area contributed by atoms with Crippen LogP contribution in [0.2, 0.25) is 0 Å². The van der Waals surface area contributed by atoms with Gasteiger partial charge >= 0.3 is 0 Å². The normalized spacial score (nSPS) is 19.2. The molecular weight excluding hydrogens is 164 g/mol. The molecular formula is C10H18N2O. The summed E-state index contributed by atoms with van der Waals surface area (Å²) >= 11 is 0. The molecule has 0 aliphatic carbocycles. The first-order valence-corrected chi connectivity index (χ1v) is 4.80. The zero-order chi connectivity index (χ0) is 9.84. The van der Waals surface area contributed by atoms with E-state index in [9.17, 15) is 4.79 Å². The lowest BCUT2D eigenvalue weighted by Crippen LogP contribution is -2.50. The standard InChI is InChI=1S/C10H18N2O/c1-4-10(13)12-7-5-11(6-8-12)9(2)3/h4,9H,1,5-8H2,2-3H3. The highest BCUT2D eigenvalue weighted by Crippen LogP contribution is 2.05. The van der Waals surface area contributed by atoms with Crippen molar-refractivity contribution in [1.29, 1.82) is 0 Å². The van der Waals surface area contributed by atoms with Gasteiger partial charge in [0.2, 0.25) is 5.91 Å². The highest BCUT2D eigenvalue weighted by molar-refractivity contribution is 5.87. The SMILES string of the molecule is C=CC(=O)N1CCN(C(C)C)CC1. The van der Waals surface area contributed by atoms with Gasteiger partial charge in [-0.1, -0.05) is 6.58 Å². The number of hydrogen-bond acceptors (Lipinski definition) is 2.